The fourth-order valence-corrected chi connectivity index (χ4v) is 4.57. The molecular formula is C24H14FIN4O8S. The molecular weight excluding hydrogens is 650 g/mol. The first-order valence-corrected chi connectivity index (χ1v) is 12.1. The molecule has 4 rings (SSSR count). The Labute approximate surface area is 237 Å². The molecule has 0 aromatic heterocycles. The van der Waals surface area contributed by atoms with Crippen LogP contribution in [0.4, 0.5) is 21.5 Å². The molecule has 2 amide bonds. The number of halogens is 2. The number of carbonyl (C=O) groups excluding carboxylic acids is 2. The van der Waals surface area contributed by atoms with E-state index in [0.29, 0.717) is 9.13 Å². The quantitative estimate of drug-likeness (QED) is 0.0930. The van der Waals surface area contributed by atoms with Gasteiger partial charge >= 0.3 is 5.69 Å². The molecule has 15 heteroatoms. The van der Waals surface area contributed by atoms with E-state index < -0.39 is 38.9 Å². The van der Waals surface area contributed by atoms with E-state index in [0.717, 1.165) is 29.2 Å². The highest BCUT2D eigenvalue weighted by atomic mass is 127. The number of rotatable bonds is 7. The van der Waals surface area contributed by atoms with Gasteiger partial charge in [0.05, 0.1) is 32.3 Å². The summed E-state index contributed by atoms with van der Waals surface area (Å²) in [6.07, 6.45) is 1.25. The summed E-state index contributed by atoms with van der Waals surface area (Å²) in [5.41, 5.74) is -1.30. The Kier molecular flexibility index (Phi) is 7.82. The molecule has 3 aromatic carbocycles. The summed E-state index contributed by atoms with van der Waals surface area (Å²) < 4.78 is 25.8. The lowest BCUT2D eigenvalue weighted by Crippen LogP contribution is -2.54. The van der Waals surface area contributed by atoms with E-state index in [4.69, 9.17) is 21.7 Å². The van der Waals surface area contributed by atoms with E-state index in [1.165, 1.54) is 43.5 Å². The Morgan fingerprint density at radius 2 is 1.77 bits per heavy atom. The molecule has 0 atom stereocenters. The summed E-state index contributed by atoms with van der Waals surface area (Å²) >= 11 is 6.94. The minimum absolute atomic E-state index is 0.0470. The molecule has 1 saturated heterocycles. The second kappa shape index (κ2) is 11.1. The molecule has 198 valence electrons. The van der Waals surface area contributed by atoms with Gasteiger partial charge in [0.1, 0.15) is 11.4 Å². The van der Waals surface area contributed by atoms with Crippen molar-refractivity contribution in [1.82, 2.24) is 5.32 Å². The maximum atomic E-state index is 14.4. The number of nitrogens with zero attached hydrogens (tertiary/aromatic N) is 3. The van der Waals surface area contributed by atoms with Gasteiger partial charge in [-0.1, -0.05) is 12.1 Å². The molecule has 39 heavy (non-hydrogen) atoms. The Bertz CT molecular complexity index is 1610. The van der Waals surface area contributed by atoms with E-state index in [9.17, 15) is 34.2 Å². The van der Waals surface area contributed by atoms with Gasteiger partial charge in [-0.15, -0.1) is 0 Å². The highest BCUT2D eigenvalue weighted by molar-refractivity contribution is 14.1. The SMILES string of the molecule is COc1cc(/C=C2/C(=O)NC(=S)N(c3ccccc3F)C2=O)cc(I)c1Oc1ccc([N+](=O)[O-])cc1[N+](=O)[O-]. The third kappa shape index (κ3) is 5.53. The topological polar surface area (TPSA) is 154 Å². The maximum absolute atomic E-state index is 14.4. The number of benzene rings is 3. The van der Waals surface area contributed by atoms with Gasteiger partial charge in [0.15, 0.2) is 16.6 Å². The Morgan fingerprint density at radius 3 is 2.41 bits per heavy atom. The third-order valence-corrected chi connectivity index (χ3v) is 6.41. The normalized spacial score (nSPS) is 14.3. The Morgan fingerprint density at radius 1 is 1.05 bits per heavy atom. The summed E-state index contributed by atoms with van der Waals surface area (Å²) in [5.74, 6) is -2.53. The number of carbonyl (C=O) groups is 2. The summed E-state index contributed by atoms with van der Waals surface area (Å²) in [6, 6.07) is 11.3. The van der Waals surface area contributed by atoms with Crippen LogP contribution in [0.15, 0.2) is 60.2 Å². The number of anilines is 1. The maximum Gasteiger partial charge on any atom is 0.318 e. The lowest BCUT2D eigenvalue weighted by Gasteiger charge is -2.29. The fraction of sp³-hybridized carbons (Fsp3) is 0.0417. The molecule has 0 bridgehead atoms. The van der Waals surface area contributed by atoms with Crippen LogP contribution in [0.3, 0.4) is 0 Å². The molecule has 1 heterocycles. The average molecular weight is 664 g/mol. The molecule has 0 radical (unpaired) electrons. The number of hydrogen-bond acceptors (Lipinski definition) is 9. The number of para-hydroxylation sites is 1. The Hall–Kier alpha value is -4.51. The van der Waals surface area contributed by atoms with Crippen molar-refractivity contribution in [3.63, 3.8) is 0 Å². The van der Waals surface area contributed by atoms with Crippen LogP contribution >= 0.6 is 34.8 Å². The fourth-order valence-electron chi connectivity index (χ4n) is 3.56. The largest absolute Gasteiger partial charge is 0.493 e. The summed E-state index contributed by atoms with van der Waals surface area (Å²) in [5, 5.41) is 24.6. The number of amides is 2. The summed E-state index contributed by atoms with van der Waals surface area (Å²) in [7, 11) is 1.30. The molecule has 1 fully saturated rings. The summed E-state index contributed by atoms with van der Waals surface area (Å²) in [4.78, 5) is 47.6. The van der Waals surface area contributed by atoms with Crippen molar-refractivity contribution in [3.8, 4) is 17.2 Å². The van der Waals surface area contributed by atoms with Crippen LogP contribution in [0.1, 0.15) is 5.56 Å². The minimum Gasteiger partial charge on any atom is -0.493 e. The van der Waals surface area contributed by atoms with Gasteiger partial charge < -0.3 is 9.47 Å². The number of nitro benzene ring substituents is 2. The van der Waals surface area contributed by atoms with Gasteiger partial charge in [-0.05, 0) is 76.8 Å². The van der Waals surface area contributed by atoms with Crippen molar-refractivity contribution in [2.75, 3.05) is 12.0 Å². The van der Waals surface area contributed by atoms with Crippen molar-refractivity contribution >= 4 is 74.9 Å². The van der Waals surface area contributed by atoms with Gasteiger partial charge in [0.2, 0.25) is 5.75 Å². The number of thiocarbonyl (C=S) groups is 1. The van der Waals surface area contributed by atoms with Gasteiger partial charge in [0, 0.05) is 6.07 Å². The van der Waals surface area contributed by atoms with Gasteiger partial charge in [-0.3, -0.25) is 35.1 Å². The molecule has 1 N–H and O–H groups in total. The zero-order valence-electron chi connectivity index (χ0n) is 19.5. The van der Waals surface area contributed by atoms with Crippen LogP contribution in [0.2, 0.25) is 0 Å². The average Bonchev–Trinajstić information content (AvgIpc) is 2.88. The zero-order valence-corrected chi connectivity index (χ0v) is 22.5. The molecule has 1 aliphatic rings. The van der Waals surface area contributed by atoms with E-state index in [1.54, 1.807) is 0 Å². The van der Waals surface area contributed by atoms with Crippen LogP contribution in [0.25, 0.3) is 6.08 Å². The number of nitrogens with one attached hydrogen (secondary N) is 1. The van der Waals surface area contributed by atoms with Crippen LogP contribution in [0, 0.1) is 29.6 Å². The number of non-ortho nitro benzene ring substituents is 1. The second-order valence-corrected chi connectivity index (χ2v) is 9.26. The highest BCUT2D eigenvalue weighted by Gasteiger charge is 2.35. The number of nitro groups is 2. The second-order valence-electron chi connectivity index (χ2n) is 7.71. The molecule has 0 unspecified atom stereocenters. The van der Waals surface area contributed by atoms with Gasteiger partial charge in [-0.25, -0.2) is 9.29 Å². The first kappa shape index (κ1) is 27.5. The predicted molar refractivity (Wildman–Crippen MR) is 148 cm³/mol. The number of ether oxygens (including phenoxy) is 2. The van der Waals surface area contributed by atoms with E-state index in [1.807, 2.05) is 22.6 Å². The lowest BCUT2D eigenvalue weighted by atomic mass is 10.1. The van der Waals surface area contributed by atoms with Crippen molar-refractivity contribution in [2.45, 2.75) is 0 Å². The van der Waals surface area contributed by atoms with Gasteiger partial charge in [0.25, 0.3) is 17.5 Å². The predicted octanol–water partition coefficient (Wildman–Crippen LogP) is 4.88. The van der Waals surface area contributed by atoms with Crippen molar-refractivity contribution in [1.29, 1.82) is 0 Å². The highest BCUT2D eigenvalue weighted by Crippen LogP contribution is 2.41. The standard InChI is InChI=1S/C24H14FIN4O8S/c1-37-20-10-12(8-14-22(31)27-24(39)28(23(14)32)17-5-3-2-4-15(17)25)9-16(26)21(20)38-19-7-6-13(29(33)34)11-18(19)30(35)36/h2-11H,1H3,(H,27,31,39)/b14-8-. The lowest BCUT2D eigenvalue weighted by molar-refractivity contribution is -0.394. The van der Waals surface area contributed by atoms with E-state index >= 15 is 0 Å². The third-order valence-electron chi connectivity index (χ3n) is 5.32. The first-order chi connectivity index (χ1) is 18.5. The van der Waals surface area contributed by atoms with Crippen LogP contribution in [-0.4, -0.2) is 33.9 Å². The van der Waals surface area contributed by atoms with Crippen molar-refractivity contribution in [2.24, 2.45) is 0 Å². The van der Waals surface area contributed by atoms with Crippen LogP contribution < -0.4 is 19.7 Å². The van der Waals surface area contributed by atoms with Crippen molar-refractivity contribution < 1.29 is 33.3 Å². The summed E-state index contributed by atoms with van der Waals surface area (Å²) in [6.45, 7) is 0. The molecule has 0 aliphatic carbocycles. The van der Waals surface area contributed by atoms with Crippen LogP contribution in [0.5, 0.6) is 17.2 Å². The number of hydrogen-bond donors (Lipinski definition) is 1. The molecule has 12 nitrogen and oxygen atoms in total. The van der Waals surface area contributed by atoms with E-state index in [-0.39, 0.29) is 33.6 Å². The first-order valence-electron chi connectivity index (χ1n) is 10.7. The van der Waals surface area contributed by atoms with Crippen LogP contribution in [-0.2, 0) is 9.59 Å². The van der Waals surface area contributed by atoms with Gasteiger partial charge in [-0.2, -0.15) is 0 Å². The molecule has 1 aliphatic heterocycles. The molecule has 0 saturated carbocycles. The monoisotopic (exact) mass is 664 g/mol. The number of methoxy groups -OCH3 is 1. The smallest absolute Gasteiger partial charge is 0.318 e. The Balaban J connectivity index is 1.73. The zero-order chi connectivity index (χ0) is 28.4. The molecule has 0 spiro atoms. The minimum atomic E-state index is -0.857. The van der Waals surface area contributed by atoms with Crippen molar-refractivity contribution in [3.05, 3.63) is 95.3 Å². The molecule has 3 aromatic rings. The van der Waals surface area contributed by atoms with E-state index in [2.05, 4.69) is 5.32 Å².